The molecule has 22 heavy (non-hydrogen) atoms. The van der Waals surface area contributed by atoms with Crippen molar-refractivity contribution in [1.29, 1.82) is 0 Å². The van der Waals surface area contributed by atoms with Crippen LogP contribution < -0.4 is 5.32 Å². The van der Waals surface area contributed by atoms with E-state index in [-0.39, 0.29) is 0 Å². The number of carbonyl (C=O) groups is 2. The SMILES string of the molecule is Cc1cccc(C(=O)O[C@@H](C)C(=O)Nc2ccc(F)cc2)c1. The average Bonchev–Trinajstić information content (AvgIpc) is 2.49. The standard InChI is InChI=1S/C17H16FNO3/c1-11-4-3-5-13(10-11)17(21)22-12(2)16(20)19-15-8-6-14(18)7-9-15/h3-10,12H,1-2H3,(H,19,20)/t12-/m0/s1. The van der Waals surface area contributed by atoms with Gasteiger partial charge in [0.15, 0.2) is 6.10 Å². The Kier molecular flexibility index (Phi) is 4.88. The molecule has 0 aromatic heterocycles. The maximum atomic E-state index is 12.8. The minimum Gasteiger partial charge on any atom is -0.449 e. The van der Waals surface area contributed by atoms with Crippen LogP contribution in [0.15, 0.2) is 48.5 Å². The van der Waals surface area contributed by atoms with Gasteiger partial charge < -0.3 is 10.1 Å². The minimum absolute atomic E-state index is 0.390. The van der Waals surface area contributed by atoms with Crippen LogP contribution in [0.3, 0.4) is 0 Å². The van der Waals surface area contributed by atoms with Crippen molar-refractivity contribution in [3.63, 3.8) is 0 Å². The summed E-state index contributed by atoms with van der Waals surface area (Å²) in [6.45, 7) is 3.34. The van der Waals surface area contributed by atoms with Gasteiger partial charge in [-0.15, -0.1) is 0 Å². The number of carbonyl (C=O) groups excluding carboxylic acids is 2. The van der Waals surface area contributed by atoms with Crippen molar-refractivity contribution in [3.8, 4) is 0 Å². The molecule has 1 atom stereocenters. The van der Waals surface area contributed by atoms with Crippen molar-refractivity contribution in [2.75, 3.05) is 5.32 Å². The molecule has 1 N–H and O–H groups in total. The number of aryl methyl sites for hydroxylation is 1. The van der Waals surface area contributed by atoms with Gasteiger partial charge in [0, 0.05) is 5.69 Å². The number of ether oxygens (including phenoxy) is 1. The number of amides is 1. The van der Waals surface area contributed by atoms with E-state index in [4.69, 9.17) is 4.74 Å². The zero-order chi connectivity index (χ0) is 16.1. The molecule has 0 saturated carbocycles. The Morgan fingerprint density at radius 1 is 1.14 bits per heavy atom. The van der Waals surface area contributed by atoms with Gasteiger partial charge in [-0.25, -0.2) is 9.18 Å². The summed E-state index contributed by atoms with van der Waals surface area (Å²) in [5.41, 5.74) is 1.75. The molecule has 0 aliphatic heterocycles. The predicted octanol–water partition coefficient (Wildman–Crippen LogP) is 3.32. The quantitative estimate of drug-likeness (QED) is 0.881. The number of nitrogens with one attached hydrogen (secondary N) is 1. The summed E-state index contributed by atoms with van der Waals surface area (Å²) in [5, 5.41) is 2.55. The summed E-state index contributed by atoms with van der Waals surface area (Å²) in [6, 6.07) is 12.3. The first-order chi connectivity index (χ1) is 10.5. The van der Waals surface area contributed by atoms with E-state index in [1.807, 2.05) is 13.0 Å². The fraction of sp³-hybridized carbons (Fsp3) is 0.176. The first kappa shape index (κ1) is 15.7. The van der Waals surface area contributed by atoms with Crippen molar-refractivity contribution in [1.82, 2.24) is 0 Å². The first-order valence-electron chi connectivity index (χ1n) is 6.80. The summed E-state index contributed by atoms with van der Waals surface area (Å²) in [6.07, 6.45) is -0.960. The highest BCUT2D eigenvalue weighted by Gasteiger charge is 2.19. The van der Waals surface area contributed by atoms with Gasteiger partial charge in [-0.3, -0.25) is 4.79 Å². The first-order valence-corrected chi connectivity index (χ1v) is 6.80. The second kappa shape index (κ2) is 6.85. The molecule has 0 radical (unpaired) electrons. The molecule has 0 fully saturated rings. The summed E-state index contributed by atoms with van der Waals surface area (Å²) >= 11 is 0. The number of hydrogen-bond acceptors (Lipinski definition) is 3. The fourth-order valence-electron chi connectivity index (χ4n) is 1.83. The zero-order valence-corrected chi connectivity index (χ0v) is 12.3. The van der Waals surface area contributed by atoms with E-state index in [1.165, 1.54) is 31.2 Å². The van der Waals surface area contributed by atoms with Gasteiger partial charge in [-0.2, -0.15) is 0 Å². The van der Waals surface area contributed by atoms with Gasteiger partial charge in [0.1, 0.15) is 5.82 Å². The summed E-state index contributed by atoms with van der Waals surface area (Å²) in [4.78, 5) is 23.9. The van der Waals surface area contributed by atoms with E-state index in [1.54, 1.807) is 18.2 Å². The smallest absolute Gasteiger partial charge is 0.338 e. The molecule has 0 heterocycles. The van der Waals surface area contributed by atoms with Crippen LogP contribution in [-0.2, 0) is 9.53 Å². The minimum atomic E-state index is -0.960. The van der Waals surface area contributed by atoms with Crippen LogP contribution >= 0.6 is 0 Å². The van der Waals surface area contributed by atoms with E-state index in [0.29, 0.717) is 11.3 Å². The van der Waals surface area contributed by atoms with E-state index in [0.717, 1.165) is 5.56 Å². The summed E-state index contributed by atoms with van der Waals surface area (Å²) in [7, 11) is 0. The Hall–Kier alpha value is -2.69. The van der Waals surface area contributed by atoms with Crippen molar-refractivity contribution in [2.24, 2.45) is 0 Å². The lowest BCUT2D eigenvalue weighted by molar-refractivity contribution is -0.123. The fourth-order valence-corrected chi connectivity index (χ4v) is 1.83. The molecule has 0 aliphatic carbocycles. The van der Waals surface area contributed by atoms with E-state index >= 15 is 0 Å². The van der Waals surface area contributed by atoms with Crippen LogP contribution in [0.2, 0.25) is 0 Å². The molecule has 2 aromatic carbocycles. The summed E-state index contributed by atoms with van der Waals surface area (Å²) < 4.78 is 17.9. The molecule has 0 saturated heterocycles. The number of halogens is 1. The topological polar surface area (TPSA) is 55.4 Å². The molecule has 4 nitrogen and oxygen atoms in total. The van der Waals surface area contributed by atoms with Crippen LogP contribution in [-0.4, -0.2) is 18.0 Å². The lowest BCUT2D eigenvalue weighted by Gasteiger charge is -2.13. The van der Waals surface area contributed by atoms with Crippen LogP contribution in [0, 0.1) is 12.7 Å². The average molecular weight is 301 g/mol. The molecule has 5 heteroatoms. The Labute approximate surface area is 127 Å². The third-order valence-corrected chi connectivity index (χ3v) is 3.02. The highest BCUT2D eigenvalue weighted by Crippen LogP contribution is 2.11. The highest BCUT2D eigenvalue weighted by atomic mass is 19.1. The maximum absolute atomic E-state index is 12.8. The van der Waals surface area contributed by atoms with Gasteiger partial charge in [0.05, 0.1) is 5.56 Å². The molecule has 0 bridgehead atoms. The van der Waals surface area contributed by atoms with E-state index in [9.17, 15) is 14.0 Å². The molecule has 0 aliphatic rings. The highest BCUT2D eigenvalue weighted by molar-refractivity contribution is 5.97. The number of benzene rings is 2. The summed E-state index contributed by atoms with van der Waals surface area (Å²) in [5.74, 6) is -1.44. The molecular formula is C17H16FNO3. The molecule has 0 spiro atoms. The van der Waals surface area contributed by atoms with Gasteiger partial charge in [0.25, 0.3) is 5.91 Å². The molecule has 1 amide bonds. The van der Waals surface area contributed by atoms with Gasteiger partial charge in [-0.05, 0) is 50.2 Å². The lowest BCUT2D eigenvalue weighted by Crippen LogP contribution is -2.30. The Morgan fingerprint density at radius 2 is 1.82 bits per heavy atom. The molecule has 2 aromatic rings. The zero-order valence-electron chi connectivity index (χ0n) is 12.3. The van der Waals surface area contributed by atoms with Crippen LogP contribution in [0.4, 0.5) is 10.1 Å². The second-order valence-corrected chi connectivity index (χ2v) is 4.91. The van der Waals surface area contributed by atoms with Crippen molar-refractivity contribution in [3.05, 3.63) is 65.5 Å². The normalized spacial score (nSPS) is 11.6. The van der Waals surface area contributed by atoms with Crippen molar-refractivity contribution < 1.29 is 18.7 Å². The van der Waals surface area contributed by atoms with Crippen LogP contribution in [0.1, 0.15) is 22.8 Å². The molecule has 114 valence electrons. The Morgan fingerprint density at radius 3 is 2.45 bits per heavy atom. The third kappa shape index (κ3) is 4.15. The number of hydrogen-bond donors (Lipinski definition) is 1. The second-order valence-electron chi connectivity index (χ2n) is 4.91. The van der Waals surface area contributed by atoms with E-state index < -0.39 is 23.8 Å². The molecular weight excluding hydrogens is 285 g/mol. The Bertz CT molecular complexity index is 683. The Balaban J connectivity index is 1.96. The van der Waals surface area contributed by atoms with Gasteiger partial charge in [0.2, 0.25) is 0 Å². The number of rotatable bonds is 4. The molecule has 2 rings (SSSR count). The van der Waals surface area contributed by atoms with Crippen LogP contribution in [0.5, 0.6) is 0 Å². The van der Waals surface area contributed by atoms with Crippen molar-refractivity contribution >= 4 is 17.6 Å². The van der Waals surface area contributed by atoms with Gasteiger partial charge in [-0.1, -0.05) is 17.7 Å². The van der Waals surface area contributed by atoms with Crippen molar-refractivity contribution in [2.45, 2.75) is 20.0 Å². The maximum Gasteiger partial charge on any atom is 0.338 e. The molecule has 0 unspecified atom stereocenters. The monoisotopic (exact) mass is 301 g/mol. The number of anilines is 1. The lowest BCUT2D eigenvalue weighted by atomic mass is 10.1. The van der Waals surface area contributed by atoms with E-state index in [2.05, 4.69) is 5.32 Å². The third-order valence-electron chi connectivity index (χ3n) is 3.02. The predicted molar refractivity (Wildman–Crippen MR) is 81.1 cm³/mol. The van der Waals surface area contributed by atoms with Gasteiger partial charge >= 0.3 is 5.97 Å². The van der Waals surface area contributed by atoms with Crippen LogP contribution in [0.25, 0.3) is 0 Å². The number of esters is 1. The largest absolute Gasteiger partial charge is 0.449 e.